The fourth-order valence-corrected chi connectivity index (χ4v) is 4.21. The van der Waals surface area contributed by atoms with Gasteiger partial charge < -0.3 is 9.80 Å². The van der Waals surface area contributed by atoms with E-state index in [-0.39, 0.29) is 10.6 Å². The monoisotopic (exact) mass is 407 g/mol. The van der Waals surface area contributed by atoms with Crippen molar-refractivity contribution >= 4 is 29.0 Å². The van der Waals surface area contributed by atoms with Crippen LogP contribution in [-0.4, -0.2) is 41.1 Å². The largest absolute Gasteiger partial charge is 0.368 e. The zero-order chi connectivity index (χ0) is 20.2. The predicted octanol–water partition coefficient (Wildman–Crippen LogP) is 4.17. The van der Waals surface area contributed by atoms with Crippen LogP contribution < -0.4 is 9.80 Å². The SMILES string of the molecule is Cc1ccc(Sc2ncnc(N3CCN(c4ccccc4)CC3)c2[N+](=O)[O-])cc1. The highest BCUT2D eigenvalue weighted by molar-refractivity contribution is 7.99. The van der Waals surface area contributed by atoms with Gasteiger partial charge in [0, 0.05) is 36.8 Å². The first-order valence-electron chi connectivity index (χ1n) is 9.40. The fourth-order valence-electron chi connectivity index (χ4n) is 3.35. The maximum atomic E-state index is 11.9. The quantitative estimate of drug-likeness (QED) is 0.357. The molecule has 0 radical (unpaired) electrons. The highest BCUT2D eigenvalue weighted by atomic mass is 32.2. The number of rotatable bonds is 5. The van der Waals surface area contributed by atoms with Gasteiger partial charge in [0.1, 0.15) is 6.33 Å². The number of hydrogen-bond donors (Lipinski definition) is 0. The molecule has 3 aromatic rings. The van der Waals surface area contributed by atoms with Crippen LogP contribution in [0.2, 0.25) is 0 Å². The standard InChI is InChI=1S/C21H21N5O2S/c1-16-7-9-18(10-8-16)29-21-19(26(27)28)20(22-15-23-21)25-13-11-24(12-14-25)17-5-3-2-4-6-17/h2-10,15H,11-14H2,1H3. The summed E-state index contributed by atoms with van der Waals surface area (Å²) in [6, 6.07) is 18.1. The number of para-hydroxylation sites is 1. The normalized spacial score (nSPS) is 14.1. The molecule has 0 bridgehead atoms. The summed E-state index contributed by atoms with van der Waals surface area (Å²) >= 11 is 1.30. The van der Waals surface area contributed by atoms with Crippen molar-refractivity contribution in [2.75, 3.05) is 36.0 Å². The lowest BCUT2D eigenvalue weighted by Gasteiger charge is -2.36. The molecule has 29 heavy (non-hydrogen) atoms. The number of aryl methyl sites for hydroxylation is 1. The summed E-state index contributed by atoms with van der Waals surface area (Å²) < 4.78 is 0. The van der Waals surface area contributed by atoms with Crippen LogP contribution in [0.1, 0.15) is 5.56 Å². The second-order valence-electron chi connectivity index (χ2n) is 6.83. The van der Waals surface area contributed by atoms with E-state index in [9.17, 15) is 10.1 Å². The molecule has 148 valence electrons. The smallest absolute Gasteiger partial charge is 0.343 e. The van der Waals surface area contributed by atoms with E-state index in [1.807, 2.05) is 54.3 Å². The summed E-state index contributed by atoms with van der Waals surface area (Å²) in [5.41, 5.74) is 2.29. The van der Waals surface area contributed by atoms with Gasteiger partial charge in [0.25, 0.3) is 0 Å². The Kier molecular flexibility index (Phi) is 5.62. The number of nitrogens with zero attached hydrogens (tertiary/aromatic N) is 5. The Balaban J connectivity index is 1.56. The third kappa shape index (κ3) is 4.32. The van der Waals surface area contributed by atoms with E-state index in [0.717, 1.165) is 23.5 Å². The molecule has 2 heterocycles. The van der Waals surface area contributed by atoms with Crippen LogP contribution in [0.25, 0.3) is 0 Å². The van der Waals surface area contributed by atoms with Crippen LogP contribution in [0.15, 0.2) is 70.8 Å². The zero-order valence-corrected chi connectivity index (χ0v) is 16.9. The second kappa shape index (κ2) is 8.48. The van der Waals surface area contributed by atoms with Gasteiger partial charge in [0.2, 0.25) is 5.82 Å². The molecule has 0 spiro atoms. The van der Waals surface area contributed by atoms with Crippen LogP contribution in [0, 0.1) is 17.0 Å². The number of aromatic nitrogens is 2. The van der Waals surface area contributed by atoms with Crippen molar-refractivity contribution in [3.8, 4) is 0 Å². The summed E-state index contributed by atoms with van der Waals surface area (Å²) in [7, 11) is 0. The third-order valence-electron chi connectivity index (χ3n) is 4.89. The molecular formula is C21H21N5O2S. The summed E-state index contributed by atoms with van der Waals surface area (Å²) in [5.74, 6) is 0.396. The van der Waals surface area contributed by atoms with E-state index in [2.05, 4.69) is 27.0 Å². The summed E-state index contributed by atoms with van der Waals surface area (Å²) in [4.78, 5) is 25.2. The van der Waals surface area contributed by atoms with Gasteiger partial charge in [-0.25, -0.2) is 9.97 Å². The van der Waals surface area contributed by atoms with Crippen molar-refractivity contribution in [1.82, 2.24) is 9.97 Å². The van der Waals surface area contributed by atoms with Crippen LogP contribution in [-0.2, 0) is 0 Å². The minimum atomic E-state index is -0.366. The average molecular weight is 407 g/mol. The lowest BCUT2D eigenvalue weighted by atomic mass is 10.2. The number of benzene rings is 2. The summed E-state index contributed by atoms with van der Waals surface area (Å²) in [6.07, 6.45) is 1.42. The molecule has 4 rings (SSSR count). The first-order valence-corrected chi connectivity index (χ1v) is 10.2. The molecule has 1 aliphatic rings. The van der Waals surface area contributed by atoms with Crippen LogP contribution >= 0.6 is 11.8 Å². The molecule has 1 aromatic heterocycles. The number of anilines is 2. The molecule has 1 aliphatic heterocycles. The van der Waals surface area contributed by atoms with Crippen molar-refractivity contribution in [1.29, 1.82) is 0 Å². The first-order chi connectivity index (χ1) is 14.1. The number of hydrogen-bond acceptors (Lipinski definition) is 7. The van der Waals surface area contributed by atoms with Crippen LogP contribution in [0.5, 0.6) is 0 Å². The molecule has 8 heteroatoms. The van der Waals surface area contributed by atoms with Crippen LogP contribution in [0.3, 0.4) is 0 Å². The van der Waals surface area contributed by atoms with Crippen LogP contribution in [0.4, 0.5) is 17.2 Å². The Bertz CT molecular complexity index is 990. The van der Waals surface area contributed by atoms with Gasteiger partial charge in [-0.2, -0.15) is 0 Å². The van der Waals surface area contributed by atoms with E-state index in [4.69, 9.17) is 0 Å². The Hall–Kier alpha value is -3.13. The van der Waals surface area contributed by atoms with E-state index in [0.29, 0.717) is 23.9 Å². The van der Waals surface area contributed by atoms with Gasteiger partial charge in [-0.15, -0.1) is 0 Å². The Morgan fingerprint density at radius 1 is 0.931 bits per heavy atom. The first kappa shape index (κ1) is 19.2. The molecule has 0 atom stereocenters. The zero-order valence-electron chi connectivity index (χ0n) is 16.1. The summed E-state index contributed by atoms with van der Waals surface area (Å²) in [5, 5.41) is 12.3. The highest BCUT2D eigenvalue weighted by Crippen LogP contribution is 2.38. The van der Waals surface area contributed by atoms with E-state index < -0.39 is 0 Å². The molecule has 0 unspecified atom stereocenters. The number of nitro groups is 1. The van der Waals surface area contributed by atoms with E-state index >= 15 is 0 Å². The summed E-state index contributed by atoms with van der Waals surface area (Å²) in [6.45, 7) is 4.91. The average Bonchev–Trinajstić information content (AvgIpc) is 2.76. The van der Waals surface area contributed by atoms with E-state index in [1.54, 1.807) is 0 Å². The Labute approximate surface area is 173 Å². The lowest BCUT2D eigenvalue weighted by molar-refractivity contribution is -0.387. The van der Waals surface area contributed by atoms with Crippen molar-refractivity contribution in [2.24, 2.45) is 0 Å². The minimum absolute atomic E-state index is 0.0220. The highest BCUT2D eigenvalue weighted by Gasteiger charge is 2.29. The van der Waals surface area contributed by atoms with Gasteiger partial charge in [0.15, 0.2) is 5.03 Å². The van der Waals surface area contributed by atoms with Crippen molar-refractivity contribution in [2.45, 2.75) is 16.8 Å². The molecule has 1 saturated heterocycles. The second-order valence-corrected chi connectivity index (χ2v) is 7.90. The Morgan fingerprint density at radius 3 is 2.24 bits per heavy atom. The van der Waals surface area contributed by atoms with Gasteiger partial charge in [-0.3, -0.25) is 10.1 Å². The molecule has 0 aliphatic carbocycles. The maximum Gasteiger partial charge on any atom is 0.343 e. The molecule has 0 amide bonds. The van der Waals surface area contributed by atoms with E-state index in [1.165, 1.54) is 23.8 Å². The third-order valence-corrected chi connectivity index (χ3v) is 5.89. The molecule has 7 nitrogen and oxygen atoms in total. The molecule has 0 saturated carbocycles. The lowest BCUT2D eigenvalue weighted by Crippen LogP contribution is -2.47. The van der Waals surface area contributed by atoms with Gasteiger partial charge in [-0.1, -0.05) is 47.7 Å². The molecular weight excluding hydrogens is 386 g/mol. The van der Waals surface area contributed by atoms with Crippen molar-refractivity contribution < 1.29 is 4.92 Å². The number of piperazine rings is 1. The van der Waals surface area contributed by atoms with Crippen molar-refractivity contribution in [3.05, 3.63) is 76.6 Å². The Morgan fingerprint density at radius 2 is 1.59 bits per heavy atom. The van der Waals surface area contributed by atoms with Gasteiger partial charge in [0.05, 0.1) is 4.92 Å². The van der Waals surface area contributed by atoms with Gasteiger partial charge >= 0.3 is 5.69 Å². The topological polar surface area (TPSA) is 75.4 Å². The molecule has 1 fully saturated rings. The molecule has 2 aromatic carbocycles. The minimum Gasteiger partial charge on any atom is -0.368 e. The molecule has 0 N–H and O–H groups in total. The predicted molar refractivity (Wildman–Crippen MR) is 115 cm³/mol. The maximum absolute atomic E-state index is 11.9. The van der Waals surface area contributed by atoms with Gasteiger partial charge in [-0.05, 0) is 31.2 Å². The van der Waals surface area contributed by atoms with Crippen molar-refractivity contribution in [3.63, 3.8) is 0 Å². The fraction of sp³-hybridized carbons (Fsp3) is 0.238.